The van der Waals surface area contributed by atoms with E-state index in [1.807, 2.05) is 40.7 Å². The number of halogens is 3. The van der Waals surface area contributed by atoms with Crippen molar-refractivity contribution in [2.24, 2.45) is 46.8 Å². The number of hydrogen-bond donors (Lipinski definition) is 3. The number of carbonyl (C=O) groups is 12. The first-order chi connectivity index (χ1) is 49.6. The van der Waals surface area contributed by atoms with E-state index in [2.05, 4.69) is 22.9 Å². The lowest BCUT2D eigenvalue weighted by atomic mass is 9.58. The Bertz CT molecular complexity index is 3170. The number of likely N-dealkylation sites (N-methyl/N-ethyl adjacent to an activating group) is 7. The van der Waals surface area contributed by atoms with E-state index in [-0.39, 0.29) is 114 Å². The summed E-state index contributed by atoms with van der Waals surface area (Å²) in [4.78, 5) is 194. The average Bonchev–Trinajstić information content (AvgIpc) is 0.957. The van der Waals surface area contributed by atoms with Gasteiger partial charge in [0.2, 0.25) is 70.9 Å². The topological polar surface area (TPSA) is 289 Å². The molecule has 4 aliphatic carbocycles. The number of methoxy groups -OCH3 is 1. The third-order valence-corrected chi connectivity index (χ3v) is 24.0. The van der Waals surface area contributed by atoms with Crippen LogP contribution in [-0.2, 0) is 67.0 Å². The SMILES string of the molecule is CCO[C@H](C)[C@@H]1NC(=O)[C@H](CC(C)C)N(C)C(=O)C[C@@H](C(=O)N(C)C)N(C)C(=O)[C@H](C2CCCC2)N(C)C(=O)C2(CC(C)(C)C2)NC(=O)[C@@H]2C[C@H](C)CN2C(=O)[C@H](CCC2CCC(C(F)(F)F)C(OC)C2)NC(=O)CN(C)C(=O)[C@H](CC2CCC(C)CC2)N2CC/C=C\C[C@@H](C2=O)N(C)C(=O)CN(C)C1=O. The first-order valence-electron chi connectivity index (χ1n) is 38.8. The summed E-state index contributed by atoms with van der Waals surface area (Å²) in [5.74, 6) is -10.5. The lowest BCUT2D eigenvalue weighted by molar-refractivity contribution is -0.215. The molecule has 0 radical (unpaired) electrons. The number of rotatable bonds is 13. The van der Waals surface area contributed by atoms with Crippen LogP contribution < -0.4 is 16.0 Å². The molecule has 3 aliphatic heterocycles. The van der Waals surface area contributed by atoms with E-state index in [0.717, 1.165) is 43.4 Å². The molecule has 598 valence electrons. The number of ether oxygens (including phenoxy) is 2. The summed E-state index contributed by atoms with van der Waals surface area (Å²) in [6.45, 7) is 13.9. The maximum Gasteiger partial charge on any atom is 0.394 e. The number of nitrogens with zero attached hydrogens (tertiary/aromatic N) is 9. The number of fused-ring (bicyclic) bond motifs is 3. The van der Waals surface area contributed by atoms with Crippen LogP contribution >= 0.6 is 0 Å². The van der Waals surface area contributed by atoms with Crippen LogP contribution in [0.1, 0.15) is 190 Å². The molecule has 7 aliphatic rings. The first kappa shape index (κ1) is 86.3. The normalized spacial score (nSPS) is 32.0. The molecule has 7 rings (SSSR count). The Labute approximate surface area is 626 Å². The molecular weight excluding hydrogens is 1370 g/mol. The largest absolute Gasteiger partial charge is 0.394 e. The van der Waals surface area contributed by atoms with Crippen molar-refractivity contribution >= 4 is 70.9 Å². The molecule has 13 atom stereocenters. The van der Waals surface area contributed by atoms with Gasteiger partial charge in [-0.3, -0.25) is 57.5 Å². The highest BCUT2D eigenvalue weighted by atomic mass is 19.4. The predicted molar refractivity (Wildman–Crippen MR) is 391 cm³/mol. The van der Waals surface area contributed by atoms with Gasteiger partial charge in [-0.15, -0.1) is 0 Å². The molecule has 0 aromatic carbocycles. The molecule has 6 fully saturated rings. The Balaban J connectivity index is 1.32. The van der Waals surface area contributed by atoms with E-state index < -0.39 is 180 Å². The summed E-state index contributed by atoms with van der Waals surface area (Å²) in [5, 5.41) is 8.83. The van der Waals surface area contributed by atoms with E-state index >= 15 is 28.8 Å². The summed E-state index contributed by atoms with van der Waals surface area (Å²) in [5.41, 5.74) is -2.12. The van der Waals surface area contributed by atoms with Crippen LogP contribution in [0.5, 0.6) is 0 Å². The summed E-state index contributed by atoms with van der Waals surface area (Å²) in [7, 11) is 12.7. The highest BCUT2D eigenvalue weighted by Crippen LogP contribution is 2.50. The molecule has 106 heavy (non-hydrogen) atoms. The minimum absolute atomic E-state index is 0.00622. The van der Waals surface area contributed by atoms with E-state index in [9.17, 15) is 41.9 Å². The molecule has 2 saturated heterocycles. The van der Waals surface area contributed by atoms with Gasteiger partial charge in [0.25, 0.3) is 0 Å². The third kappa shape index (κ3) is 21.1. The van der Waals surface area contributed by atoms with Gasteiger partial charge in [0, 0.05) is 83.2 Å². The van der Waals surface area contributed by atoms with Crippen molar-refractivity contribution in [2.45, 2.75) is 262 Å². The van der Waals surface area contributed by atoms with Gasteiger partial charge in [-0.25, -0.2) is 0 Å². The molecule has 29 heteroatoms. The molecule has 3 heterocycles. The smallest absolute Gasteiger partial charge is 0.381 e. The molecule has 2 bridgehead atoms. The number of hydrogen-bond acceptors (Lipinski definition) is 14. The van der Waals surface area contributed by atoms with E-state index in [1.54, 1.807) is 19.9 Å². The highest BCUT2D eigenvalue weighted by Gasteiger charge is 2.59. The molecule has 12 amide bonds. The summed E-state index contributed by atoms with van der Waals surface area (Å²) < 4.78 is 54.3. The second-order valence-electron chi connectivity index (χ2n) is 33.7. The van der Waals surface area contributed by atoms with Crippen LogP contribution in [0, 0.1) is 46.8 Å². The number of carbonyl (C=O) groups excluding carboxylic acids is 12. The molecule has 0 aromatic heterocycles. The zero-order valence-electron chi connectivity index (χ0n) is 66.2. The molecule has 0 aromatic rings. The molecule has 4 saturated carbocycles. The van der Waals surface area contributed by atoms with Crippen LogP contribution in [0.25, 0.3) is 0 Å². The predicted octanol–water partition coefficient (Wildman–Crippen LogP) is 5.78. The van der Waals surface area contributed by atoms with Gasteiger partial charge < -0.3 is 69.5 Å². The van der Waals surface area contributed by atoms with E-state index in [1.165, 1.54) is 103 Å². The van der Waals surface area contributed by atoms with Crippen LogP contribution in [0.15, 0.2) is 12.2 Å². The van der Waals surface area contributed by atoms with Crippen molar-refractivity contribution in [1.82, 2.24) is 60.0 Å². The quantitative estimate of drug-likeness (QED) is 0.184. The second-order valence-corrected chi connectivity index (χ2v) is 33.7. The molecule has 3 N–H and O–H groups in total. The maximum atomic E-state index is 15.8. The van der Waals surface area contributed by atoms with Crippen molar-refractivity contribution < 1.29 is 80.2 Å². The minimum atomic E-state index is -4.51. The number of amides is 12. The van der Waals surface area contributed by atoms with Crippen LogP contribution in [-0.4, -0.2) is 284 Å². The zero-order valence-corrected chi connectivity index (χ0v) is 66.2. The number of alkyl halides is 3. The zero-order chi connectivity index (χ0) is 78.8. The second kappa shape index (κ2) is 37.0. The molecular formula is C77H125F3N12O14. The van der Waals surface area contributed by atoms with Gasteiger partial charge in [0.05, 0.1) is 37.6 Å². The summed E-state index contributed by atoms with van der Waals surface area (Å²) >= 11 is 0. The lowest BCUT2D eigenvalue weighted by Gasteiger charge is -2.54. The highest BCUT2D eigenvalue weighted by molar-refractivity contribution is 6.01. The molecule has 3 unspecified atom stereocenters. The minimum Gasteiger partial charge on any atom is -0.381 e. The summed E-state index contributed by atoms with van der Waals surface area (Å²) in [6.07, 6.45) is 3.33. The Kier molecular flexibility index (Phi) is 30.1. The van der Waals surface area contributed by atoms with E-state index in [0.29, 0.717) is 25.2 Å². The van der Waals surface area contributed by atoms with Gasteiger partial charge in [-0.2, -0.15) is 13.2 Å². The molecule has 1 spiro atoms. The van der Waals surface area contributed by atoms with Crippen molar-refractivity contribution in [2.75, 3.05) is 96.3 Å². The van der Waals surface area contributed by atoms with Gasteiger partial charge in [0.1, 0.15) is 53.9 Å². The van der Waals surface area contributed by atoms with Gasteiger partial charge in [-0.1, -0.05) is 92.2 Å². The lowest BCUT2D eigenvalue weighted by Crippen LogP contribution is -2.71. The monoisotopic (exact) mass is 1500 g/mol. The van der Waals surface area contributed by atoms with Crippen LogP contribution in [0.3, 0.4) is 0 Å². The van der Waals surface area contributed by atoms with Crippen molar-refractivity contribution in [3.63, 3.8) is 0 Å². The Morgan fingerprint density at radius 2 is 1.30 bits per heavy atom. The fourth-order valence-electron chi connectivity index (χ4n) is 18.0. The summed E-state index contributed by atoms with van der Waals surface area (Å²) in [6, 6.07) is -10.2. The Hall–Kier alpha value is -6.91. The Morgan fingerprint density at radius 1 is 0.670 bits per heavy atom. The first-order valence-corrected chi connectivity index (χ1v) is 38.8. The van der Waals surface area contributed by atoms with Gasteiger partial charge in [-0.05, 0) is 145 Å². The van der Waals surface area contributed by atoms with Crippen LogP contribution in [0.2, 0.25) is 0 Å². The van der Waals surface area contributed by atoms with Crippen molar-refractivity contribution in [3.05, 3.63) is 12.2 Å². The van der Waals surface area contributed by atoms with Gasteiger partial charge in [0.15, 0.2) is 0 Å². The average molecular weight is 1500 g/mol. The van der Waals surface area contributed by atoms with Gasteiger partial charge >= 0.3 is 6.18 Å². The maximum absolute atomic E-state index is 15.8. The van der Waals surface area contributed by atoms with E-state index in [4.69, 9.17) is 9.47 Å². The van der Waals surface area contributed by atoms with Crippen LogP contribution in [0.4, 0.5) is 13.2 Å². The standard InChI is InChI=1S/C77H125F3N12O14/c1-18-106-49(6)64-72(102)86(12)43-63(95)87(13)55-26-20-19-23-35-91(71(55)101)59(38-50-29-27-47(4)28-30-50)70(100)85(11)42-61(93)81-54(34-32-51-31-33-53(77(78,79)80)60(39-51)105-17)68(98)92-41-48(5)37-57(92)67(97)83-76(44-75(7,8)45-76)74(104)90(16)65(52-24-21-22-25-52)73(103)89(15)58(69(99)84(9)10)40-62(94)88(14)56(36-46(2)3)66(96)82-64/h19-20,46-60,64-65H,18,21-45H2,1-17H3,(H,81,93)(H,82,96)(H,83,97)/b20-19-/t47?,48-,49+,50?,51?,53?,54-,55-,56-,57-,58-,59-,60?,64-,65-/m0/s1. The van der Waals surface area contributed by atoms with Crippen molar-refractivity contribution in [3.8, 4) is 0 Å². The Morgan fingerprint density at radius 3 is 1.90 bits per heavy atom. The third-order valence-electron chi connectivity index (χ3n) is 24.0. The fraction of sp³-hybridized carbons (Fsp3) is 0.818. The van der Waals surface area contributed by atoms with Crippen molar-refractivity contribution in [1.29, 1.82) is 0 Å². The number of nitrogens with one attached hydrogen (secondary N) is 3. The fourth-order valence-corrected chi connectivity index (χ4v) is 18.0. The molecule has 26 nitrogen and oxygen atoms in total.